The smallest absolute Gasteiger partial charge is 0.251 e. The van der Waals surface area contributed by atoms with Gasteiger partial charge in [0.15, 0.2) is 0 Å². The molecular formula is C20H20N2O2S. The van der Waals surface area contributed by atoms with E-state index in [0.29, 0.717) is 18.7 Å². The molecule has 0 aliphatic rings. The van der Waals surface area contributed by atoms with Crippen LogP contribution in [0.1, 0.15) is 22.3 Å². The van der Waals surface area contributed by atoms with Gasteiger partial charge in [0.25, 0.3) is 5.91 Å². The van der Waals surface area contributed by atoms with Crippen molar-refractivity contribution in [3.8, 4) is 17.0 Å². The van der Waals surface area contributed by atoms with Crippen LogP contribution < -0.4 is 10.1 Å². The molecule has 0 saturated heterocycles. The second-order valence-electron chi connectivity index (χ2n) is 5.46. The van der Waals surface area contributed by atoms with Crippen molar-refractivity contribution in [2.45, 2.75) is 13.3 Å². The number of nitrogens with one attached hydrogen (secondary N) is 1. The Balaban J connectivity index is 1.51. The molecule has 2 aromatic carbocycles. The van der Waals surface area contributed by atoms with Gasteiger partial charge in [0.2, 0.25) is 0 Å². The number of nitrogens with zero attached hydrogens (tertiary/aromatic N) is 1. The van der Waals surface area contributed by atoms with Gasteiger partial charge in [-0.1, -0.05) is 30.3 Å². The molecule has 0 saturated carbocycles. The van der Waals surface area contributed by atoms with Crippen LogP contribution in [0.4, 0.5) is 0 Å². The Labute approximate surface area is 151 Å². The number of aromatic nitrogens is 1. The molecule has 0 aliphatic heterocycles. The van der Waals surface area contributed by atoms with Gasteiger partial charge in [0, 0.05) is 29.5 Å². The fourth-order valence-corrected chi connectivity index (χ4v) is 3.23. The number of thiazole rings is 1. The molecule has 25 heavy (non-hydrogen) atoms. The maximum absolute atomic E-state index is 12.2. The summed E-state index contributed by atoms with van der Waals surface area (Å²) in [6, 6.07) is 17.3. The van der Waals surface area contributed by atoms with E-state index in [1.165, 1.54) is 0 Å². The molecule has 1 N–H and O–H groups in total. The third-order valence-corrected chi connectivity index (χ3v) is 4.58. The molecule has 128 valence electrons. The van der Waals surface area contributed by atoms with Crippen LogP contribution in [-0.2, 0) is 6.42 Å². The molecule has 3 aromatic rings. The van der Waals surface area contributed by atoms with Crippen molar-refractivity contribution in [3.63, 3.8) is 0 Å². The lowest BCUT2D eigenvalue weighted by atomic mass is 10.2. The van der Waals surface area contributed by atoms with Gasteiger partial charge in [-0.15, -0.1) is 11.3 Å². The predicted octanol–water partition coefficient (Wildman–Crippen LogP) is 4.18. The van der Waals surface area contributed by atoms with E-state index in [-0.39, 0.29) is 5.91 Å². The molecule has 5 heteroatoms. The highest BCUT2D eigenvalue weighted by atomic mass is 32.1. The minimum Gasteiger partial charge on any atom is -0.494 e. The third-order valence-electron chi connectivity index (χ3n) is 3.67. The van der Waals surface area contributed by atoms with Crippen LogP contribution in [0.25, 0.3) is 11.3 Å². The normalized spacial score (nSPS) is 10.4. The third kappa shape index (κ3) is 4.67. The Kier molecular flexibility index (Phi) is 5.80. The van der Waals surface area contributed by atoms with Crippen molar-refractivity contribution >= 4 is 17.2 Å². The molecule has 3 rings (SSSR count). The molecule has 1 aromatic heterocycles. The highest BCUT2D eigenvalue weighted by Gasteiger charge is 2.07. The summed E-state index contributed by atoms with van der Waals surface area (Å²) < 4.78 is 5.38. The predicted molar refractivity (Wildman–Crippen MR) is 101 cm³/mol. The summed E-state index contributed by atoms with van der Waals surface area (Å²) in [5.41, 5.74) is 2.73. The Morgan fingerprint density at radius 2 is 1.88 bits per heavy atom. The second kappa shape index (κ2) is 8.44. The Morgan fingerprint density at radius 3 is 2.60 bits per heavy atom. The van der Waals surface area contributed by atoms with Gasteiger partial charge in [-0.2, -0.15) is 0 Å². The highest BCUT2D eigenvalue weighted by molar-refractivity contribution is 7.09. The number of ether oxygens (including phenoxy) is 1. The molecule has 4 nitrogen and oxygen atoms in total. The van der Waals surface area contributed by atoms with Crippen molar-refractivity contribution in [2.24, 2.45) is 0 Å². The molecule has 0 bridgehead atoms. The Morgan fingerprint density at radius 1 is 1.12 bits per heavy atom. The van der Waals surface area contributed by atoms with Gasteiger partial charge < -0.3 is 10.1 Å². The van der Waals surface area contributed by atoms with Crippen molar-refractivity contribution in [1.82, 2.24) is 10.3 Å². The summed E-state index contributed by atoms with van der Waals surface area (Å²) in [7, 11) is 0. The molecule has 1 amide bonds. The molecule has 0 fully saturated rings. The van der Waals surface area contributed by atoms with E-state index < -0.39 is 0 Å². The molecule has 0 unspecified atom stereocenters. The zero-order chi connectivity index (χ0) is 17.5. The summed E-state index contributed by atoms with van der Waals surface area (Å²) in [6.07, 6.45) is 0.722. The summed E-state index contributed by atoms with van der Waals surface area (Å²) >= 11 is 1.62. The number of carbonyl (C=O) groups is 1. The van der Waals surface area contributed by atoms with E-state index in [9.17, 15) is 4.79 Å². The van der Waals surface area contributed by atoms with E-state index in [0.717, 1.165) is 28.4 Å². The van der Waals surface area contributed by atoms with Crippen molar-refractivity contribution in [3.05, 3.63) is 70.5 Å². The average molecular weight is 352 g/mol. The van der Waals surface area contributed by atoms with E-state index >= 15 is 0 Å². The zero-order valence-corrected chi connectivity index (χ0v) is 14.9. The Bertz CT molecular complexity index is 813. The fourth-order valence-electron chi connectivity index (χ4n) is 2.42. The summed E-state index contributed by atoms with van der Waals surface area (Å²) in [5, 5.41) is 6.01. The largest absolute Gasteiger partial charge is 0.494 e. The fraction of sp³-hybridized carbons (Fsp3) is 0.200. The molecule has 0 atom stereocenters. The summed E-state index contributed by atoms with van der Waals surface area (Å²) in [4.78, 5) is 16.8. The van der Waals surface area contributed by atoms with Gasteiger partial charge in [0.1, 0.15) is 5.75 Å². The van der Waals surface area contributed by atoms with Gasteiger partial charge in [0.05, 0.1) is 17.3 Å². The van der Waals surface area contributed by atoms with Crippen LogP contribution in [0.3, 0.4) is 0 Å². The zero-order valence-electron chi connectivity index (χ0n) is 14.1. The van der Waals surface area contributed by atoms with E-state index in [1.807, 2.05) is 49.4 Å². The number of carbonyl (C=O) groups excluding carboxylic acids is 1. The lowest BCUT2D eigenvalue weighted by Crippen LogP contribution is -2.25. The minimum atomic E-state index is -0.0807. The van der Waals surface area contributed by atoms with Crippen molar-refractivity contribution < 1.29 is 9.53 Å². The molecule has 1 heterocycles. The first-order valence-corrected chi connectivity index (χ1v) is 9.15. The first-order valence-electron chi connectivity index (χ1n) is 8.27. The van der Waals surface area contributed by atoms with Gasteiger partial charge >= 0.3 is 0 Å². The van der Waals surface area contributed by atoms with Gasteiger partial charge in [-0.25, -0.2) is 4.98 Å². The molecule has 0 spiro atoms. The first-order chi connectivity index (χ1) is 12.3. The number of hydrogen-bond donors (Lipinski definition) is 1. The van der Waals surface area contributed by atoms with Crippen LogP contribution >= 0.6 is 11.3 Å². The number of amides is 1. The van der Waals surface area contributed by atoms with Gasteiger partial charge in [-0.05, 0) is 31.2 Å². The number of rotatable bonds is 7. The first kappa shape index (κ1) is 17.2. The SMILES string of the molecule is CCOc1ccc(C(=O)NCCc2nc(-c3ccccc3)cs2)cc1. The lowest BCUT2D eigenvalue weighted by Gasteiger charge is -2.06. The molecular weight excluding hydrogens is 332 g/mol. The van der Waals surface area contributed by atoms with Crippen LogP contribution in [0.2, 0.25) is 0 Å². The number of benzene rings is 2. The average Bonchev–Trinajstić information content (AvgIpc) is 3.12. The molecule has 0 aliphatic carbocycles. The lowest BCUT2D eigenvalue weighted by molar-refractivity contribution is 0.0954. The van der Waals surface area contributed by atoms with Crippen LogP contribution in [-0.4, -0.2) is 24.0 Å². The monoisotopic (exact) mass is 352 g/mol. The van der Waals surface area contributed by atoms with E-state index in [1.54, 1.807) is 23.5 Å². The minimum absolute atomic E-state index is 0.0807. The molecule has 0 radical (unpaired) electrons. The van der Waals surface area contributed by atoms with Crippen LogP contribution in [0.5, 0.6) is 5.75 Å². The van der Waals surface area contributed by atoms with E-state index in [4.69, 9.17) is 4.74 Å². The Hall–Kier alpha value is -2.66. The topological polar surface area (TPSA) is 51.2 Å². The van der Waals surface area contributed by atoms with Crippen LogP contribution in [0, 0.1) is 0 Å². The van der Waals surface area contributed by atoms with Crippen molar-refractivity contribution in [2.75, 3.05) is 13.2 Å². The summed E-state index contributed by atoms with van der Waals surface area (Å²) in [5.74, 6) is 0.693. The maximum Gasteiger partial charge on any atom is 0.251 e. The number of hydrogen-bond acceptors (Lipinski definition) is 4. The van der Waals surface area contributed by atoms with Gasteiger partial charge in [-0.3, -0.25) is 4.79 Å². The standard InChI is InChI=1S/C20H20N2O2S/c1-2-24-17-10-8-16(9-11-17)20(23)21-13-12-19-22-18(14-25-19)15-6-4-3-5-7-15/h3-11,14H,2,12-13H2,1H3,(H,21,23). The summed E-state index contributed by atoms with van der Waals surface area (Å²) in [6.45, 7) is 3.11. The highest BCUT2D eigenvalue weighted by Crippen LogP contribution is 2.21. The second-order valence-corrected chi connectivity index (χ2v) is 6.40. The van der Waals surface area contributed by atoms with E-state index in [2.05, 4.69) is 15.7 Å². The van der Waals surface area contributed by atoms with Crippen molar-refractivity contribution in [1.29, 1.82) is 0 Å². The maximum atomic E-state index is 12.2. The van der Waals surface area contributed by atoms with Crippen LogP contribution in [0.15, 0.2) is 60.0 Å². The quantitative estimate of drug-likeness (QED) is 0.694.